The van der Waals surface area contributed by atoms with Gasteiger partial charge in [0.05, 0.1) is 37.2 Å². The fourth-order valence-electron chi connectivity index (χ4n) is 1.55. The second kappa shape index (κ2) is 6.39. The highest BCUT2D eigenvalue weighted by molar-refractivity contribution is 7.92. The third kappa shape index (κ3) is 4.05. The smallest absolute Gasteiger partial charge is 0.326 e. The molecule has 0 aliphatic heterocycles. The maximum Gasteiger partial charge on any atom is 0.326 e. The van der Waals surface area contributed by atoms with Crippen LogP contribution in [0.25, 0.3) is 0 Å². The maximum absolute atomic E-state index is 11.8. The van der Waals surface area contributed by atoms with E-state index in [0.29, 0.717) is 0 Å². The van der Waals surface area contributed by atoms with E-state index in [0.717, 1.165) is 29.8 Å². The molecule has 0 saturated carbocycles. The average molecular weight is 318 g/mol. The summed E-state index contributed by atoms with van der Waals surface area (Å²) in [6.07, 6.45) is 0.900. The van der Waals surface area contributed by atoms with Gasteiger partial charge in [-0.3, -0.25) is 19.2 Å². The number of carbonyl (C=O) groups is 1. The number of nitro groups is 1. The molecule has 21 heavy (non-hydrogen) atoms. The van der Waals surface area contributed by atoms with Gasteiger partial charge in [-0.1, -0.05) is 0 Å². The molecule has 1 aromatic rings. The molecule has 0 N–H and O–H groups in total. The van der Waals surface area contributed by atoms with Crippen molar-refractivity contribution in [2.75, 3.05) is 31.3 Å². The zero-order valence-corrected chi connectivity index (χ0v) is 12.4. The molecule has 0 aromatic heterocycles. The molecule has 9 nitrogen and oxygen atoms in total. The topological polar surface area (TPSA) is 116 Å². The highest BCUT2D eigenvalue weighted by Crippen LogP contribution is 2.33. The van der Waals surface area contributed by atoms with Gasteiger partial charge in [-0.15, -0.1) is 0 Å². The minimum Gasteiger partial charge on any atom is -0.494 e. The number of anilines is 1. The van der Waals surface area contributed by atoms with Crippen molar-refractivity contribution in [3.05, 3.63) is 28.3 Å². The molecule has 10 heteroatoms. The first-order valence-corrected chi connectivity index (χ1v) is 7.42. The molecule has 0 saturated heterocycles. The van der Waals surface area contributed by atoms with Crippen LogP contribution in [0.5, 0.6) is 5.75 Å². The SMILES string of the molecule is COC(=O)CN(c1ccc([N+](=O)[O-])cc1OC)S(C)(=O)=O. The zero-order chi connectivity index (χ0) is 16.2. The van der Waals surface area contributed by atoms with E-state index in [1.54, 1.807) is 0 Å². The van der Waals surface area contributed by atoms with Crippen LogP contribution in [0.3, 0.4) is 0 Å². The van der Waals surface area contributed by atoms with Crippen molar-refractivity contribution in [1.82, 2.24) is 0 Å². The Bertz CT molecular complexity index is 657. The zero-order valence-electron chi connectivity index (χ0n) is 11.6. The quantitative estimate of drug-likeness (QED) is 0.427. The highest BCUT2D eigenvalue weighted by Gasteiger charge is 2.25. The maximum atomic E-state index is 11.8. The number of esters is 1. The summed E-state index contributed by atoms with van der Waals surface area (Å²) in [6, 6.07) is 3.39. The normalized spacial score (nSPS) is 10.8. The van der Waals surface area contributed by atoms with Crippen LogP contribution in [-0.4, -0.2) is 46.3 Å². The second-order valence-electron chi connectivity index (χ2n) is 3.96. The Balaban J connectivity index is 3.37. The third-order valence-electron chi connectivity index (χ3n) is 2.54. The van der Waals surface area contributed by atoms with Crippen molar-refractivity contribution in [2.45, 2.75) is 0 Å². The minimum absolute atomic E-state index is 0.0102. The minimum atomic E-state index is -3.81. The Labute approximate surface area is 121 Å². The van der Waals surface area contributed by atoms with Gasteiger partial charge in [0.25, 0.3) is 5.69 Å². The van der Waals surface area contributed by atoms with Crippen LogP contribution in [0.4, 0.5) is 11.4 Å². The standard InChI is InChI=1S/C11H14N2O7S/c1-19-10-6-8(13(15)16)4-5-9(10)12(21(3,17)18)7-11(14)20-2/h4-6H,7H2,1-3H3. The van der Waals surface area contributed by atoms with E-state index in [9.17, 15) is 23.3 Å². The Morgan fingerprint density at radius 1 is 1.38 bits per heavy atom. The Hall–Kier alpha value is -2.36. The summed E-state index contributed by atoms with van der Waals surface area (Å²) < 4.78 is 33.8. The Kier molecular flexibility index (Phi) is 5.08. The molecule has 0 amide bonds. The predicted octanol–water partition coefficient (Wildman–Crippen LogP) is 0.542. The molecular formula is C11H14N2O7S. The van der Waals surface area contributed by atoms with Crippen molar-refractivity contribution in [2.24, 2.45) is 0 Å². The number of methoxy groups -OCH3 is 2. The van der Waals surface area contributed by atoms with Gasteiger partial charge in [0, 0.05) is 6.07 Å². The van der Waals surface area contributed by atoms with E-state index in [-0.39, 0.29) is 17.1 Å². The lowest BCUT2D eigenvalue weighted by molar-refractivity contribution is -0.384. The van der Waals surface area contributed by atoms with Crippen molar-refractivity contribution in [3.63, 3.8) is 0 Å². The van der Waals surface area contributed by atoms with Crippen molar-refractivity contribution >= 4 is 27.4 Å². The van der Waals surface area contributed by atoms with Crippen LogP contribution in [0.15, 0.2) is 18.2 Å². The molecule has 1 rings (SSSR count). The molecular weight excluding hydrogens is 304 g/mol. The fraction of sp³-hybridized carbons (Fsp3) is 0.364. The van der Waals surface area contributed by atoms with Crippen LogP contribution in [0.2, 0.25) is 0 Å². The van der Waals surface area contributed by atoms with E-state index < -0.39 is 27.5 Å². The summed E-state index contributed by atoms with van der Waals surface area (Å²) in [4.78, 5) is 21.4. The lowest BCUT2D eigenvalue weighted by Crippen LogP contribution is -2.35. The summed E-state index contributed by atoms with van der Waals surface area (Å²) in [5.74, 6) is -0.820. The molecule has 0 radical (unpaired) electrons. The number of ether oxygens (including phenoxy) is 2. The van der Waals surface area contributed by atoms with Gasteiger partial charge >= 0.3 is 5.97 Å². The molecule has 0 fully saturated rings. The number of rotatable bonds is 6. The first-order chi connectivity index (χ1) is 9.70. The molecule has 0 bridgehead atoms. The number of carbonyl (C=O) groups excluding carboxylic acids is 1. The van der Waals surface area contributed by atoms with Crippen molar-refractivity contribution in [3.8, 4) is 5.75 Å². The second-order valence-corrected chi connectivity index (χ2v) is 5.87. The van der Waals surface area contributed by atoms with E-state index in [1.165, 1.54) is 13.2 Å². The largest absolute Gasteiger partial charge is 0.494 e. The molecule has 116 valence electrons. The monoisotopic (exact) mass is 318 g/mol. The first kappa shape index (κ1) is 16.7. The number of nitrogens with zero attached hydrogens (tertiary/aromatic N) is 2. The number of benzene rings is 1. The molecule has 0 spiro atoms. The molecule has 1 aromatic carbocycles. The predicted molar refractivity (Wildman–Crippen MR) is 73.9 cm³/mol. The van der Waals surface area contributed by atoms with Gasteiger partial charge in [-0.25, -0.2) is 8.42 Å². The third-order valence-corrected chi connectivity index (χ3v) is 3.67. The molecule has 0 aliphatic rings. The lowest BCUT2D eigenvalue weighted by atomic mass is 10.2. The molecule has 0 atom stereocenters. The number of hydrogen-bond donors (Lipinski definition) is 0. The lowest BCUT2D eigenvalue weighted by Gasteiger charge is -2.22. The van der Waals surface area contributed by atoms with Gasteiger partial charge in [-0.05, 0) is 6.07 Å². The number of hydrogen-bond acceptors (Lipinski definition) is 7. The van der Waals surface area contributed by atoms with E-state index in [1.807, 2.05) is 0 Å². The summed E-state index contributed by atoms with van der Waals surface area (Å²) in [5.41, 5.74) is -0.252. The van der Waals surface area contributed by atoms with E-state index in [2.05, 4.69) is 4.74 Å². The Morgan fingerprint density at radius 2 is 2.00 bits per heavy atom. The van der Waals surface area contributed by atoms with Crippen LogP contribution >= 0.6 is 0 Å². The number of non-ortho nitro benzene ring substituents is 1. The van der Waals surface area contributed by atoms with Gasteiger partial charge in [-0.2, -0.15) is 0 Å². The fourth-order valence-corrected chi connectivity index (χ4v) is 2.40. The molecule has 0 unspecified atom stereocenters. The molecule has 0 heterocycles. The van der Waals surface area contributed by atoms with Crippen LogP contribution in [0.1, 0.15) is 0 Å². The first-order valence-electron chi connectivity index (χ1n) is 5.57. The Morgan fingerprint density at radius 3 is 2.43 bits per heavy atom. The van der Waals surface area contributed by atoms with E-state index in [4.69, 9.17) is 4.74 Å². The van der Waals surface area contributed by atoms with Gasteiger partial charge < -0.3 is 9.47 Å². The number of sulfonamides is 1. The van der Waals surface area contributed by atoms with Crippen molar-refractivity contribution < 1.29 is 27.6 Å². The van der Waals surface area contributed by atoms with Gasteiger partial charge in [0.2, 0.25) is 10.0 Å². The van der Waals surface area contributed by atoms with Crippen LogP contribution in [-0.2, 0) is 19.6 Å². The summed E-state index contributed by atoms with van der Waals surface area (Å²) in [7, 11) is -1.45. The van der Waals surface area contributed by atoms with Gasteiger partial charge in [0.1, 0.15) is 12.3 Å². The summed E-state index contributed by atoms with van der Waals surface area (Å²) in [6.45, 7) is -0.566. The molecule has 0 aliphatic carbocycles. The van der Waals surface area contributed by atoms with Crippen LogP contribution in [0, 0.1) is 10.1 Å². The average Bonchev–Trinajstić information content (AvgIpc) is 2.42. The number of nitro benzene ring substituents is 1. The van der Waals surface area contributed by atoms with E-state index >= 15 is 0 Å². The van der Waals surface area contributed by atoms with Crippen LogP contribution < -0.4 is 9.04 Å². The van der Waals surface area contributed by atoms with Gasteiger partial charge in [0.15, 0.2) is 0 Å². The summed E-state index contributed by atoms with van der Waals surface area (Å²) in [5, 5.41) is 10.7. The highest BCUT2D eigenvalue weighted by atomic mass is 32.2. The summed E-state index contributed by atoms with van der Waals surface area (Å²) >= 11 is 0. The van der Waals surface area contributed by atoms with Crippen molar-refractivity contribution in [1.29, 1.82) is 0 Å².